The van der Waals surface area contributed by atoms with Gasteiger partial charge in [-0.05, 0) is 23.6 Å². The second kappa shape index (κ2) is 7.38. The first kappa shape index (κ1) is 17.0. The van der Waals surface area contributed by atoms with Crippen LogP contribution >= 0.6 is 0 Å². The second-order valence-corrected chi connectivity index (χ2v) is 6.72. The number of aromatic amines is 1. The average molecular weight is 331 g/mol. The van der Waals surface area contributed by atoms with Crippen molar-refractivity contribution in [1.82, 2.24) is 25.5 Å². The first-order valence-corrected chi connectivity index (χ1v) is 8.51. The minimum absolute atomic E-state index is 0.0370. The van der Waals surface area contributed by atoms with Gasteiger partial charge in [0.2, 0.25) is 5.82 Å². The fourth-order valence-electron chi connectivity index (χ4n) is 3.66. The molecule has 1 saturated heterocycles. The summed E-state index contributed by atoms with van der Waals surface area (Å²) in [7, 11) is 0. The van der Waals surface area contributed by atoms with Gasteiger partial charge in [-0.3, -0.25) is 4.90 Å². The summed E-state index contributed by atoms with van der Waals surface area (Å²) in [5, 5.41) is 34.2. The third-order valence-electron chi connectivity index (χ3n) is 4.99. The second-order valence-electron chi connectivity index (χ2n) is 6.72. The smallest absolute Gasteiger partial charge is 0.204 e. The maximum Gasteiger partial charge on any atom is 0.204 e. The summed E-state index contributed by atoms with van der Waals surface area (Å²) >= 11 is 0. The van der Waals surface area contributed by atoms with Gasteiger partial charge in [-0.1, -0.05) is 37.6 Å². The Balaban J connectivity index is 1.67. The van der Waals surface area contributed by atoms with Crippen LogP contribution in [-0.2, 0) is 6.54 Å². The zero-order valence-corrected chi connectivity index (χ0v) is 14.0. The van der Waals surface area contributed by atoms with Crippen LogP contribution in [0.4, 0.5) is 0 Å². The molecule has 0 unspecified atom stereocenters. The highest BCUT2D eigenvalue weighted by Crippen LogP contribution is 2.35. The molecule has 1 aliphatic heterocycles. The molecule has 7 heteroatoms. The Kier molecular flexibility index (Phi) is 5.23. The molecule has 0 radical (unpaired) electrons. The summed E-state index contributed by atoms with van der Waals surface area (Å²) in [5.74, 6) is 0.588. The van der Waals surface area contributed by atoms with Crippen LogP contribution < -0.4 is 0 Å². The highest BCUT2D eigenvalue weighted by atomic mass is 16.3. The van der Waals surface area contributed by atoms with Crippen molar-refractivity contribution in [2.24, 2.45) is 5.41 Å². The molecule has 130 valence electrons. The van der Waals surface area contributed by atoms with Crippen molar-refractivity contribution >= 4 is 0 Å². The molecule has 0 saturated carbocycles. The topological polar surface area (TPSA) is 98.2 Å². The number of nitrogens with zero attached hydrogens (tertiary/aromatic N) is 4. The van der Waals surface area contributed by atoms with Crippen LogP contribution in [-0.4, -0.2) is 61.5 Å². The zero-order valence-electron chi connectivity index (χ0n) is 14.0. The van der Waals surface area contributed by atoms with E-state index in [-0.39, 0.29) is 6.61 Å². The van der Waals surface area contributed by atoms with E-state index in [0.29, 0.717) is 12.2 Å². The van der Waals surface area contributed by atoms with Crippen molar-refractivity contribution in [2.45, 2.75) is 38.8 Å². The van der Waals surface area contributed by atoms with Crippen LogP contribution in [0.3, 0.4) is 0 Å². The molecule has 1 fully saturated rings. The third-order valence-corrected chi connectivity index (χ3v) is 4.99. The molecule has 7 nitrogen and oxygen atoms in total. The first-order chi connectivity index (χ1) is 11.7. The van der Waals surface area contributed by atoms with Gasteiger partial charge in [0.25, 0.3) is 0 Å². The van der Waals surface area contributed by atoms with E-state index in [9.17, 15) is 10.2 Å². The SMILES string of the molecule is CCC[C@@]1(CO)CN(Cc2ccc(-c3nn[nH]n3)cc2)CC[C@@H]1O. The van der Waals surface area contributed by atoms with E-state index in [1.54, 1.807) is 0 Å². The minimum atomic E-state index is -0.417. The molecule has 1 aromatic carbocycles. The number of nitrogens with one attached hydrogen (secondary N) is 1. The van der Waals surface area contributed by atoms with Gasteiger partial charge < -0.3 is 10.2 Å². The van der Waals surface area contributed by atoms with Gasteiger partial charge in [-0.15, -0.1) is 10.2 Å². The number of rotatable bonds is 6. The van der Waals surface area contributed by atoms with E-state index in [1.807, 2.05) is 12.1 Å². The van der Waals surface area contributed by atoms with Gasteiger partial charge >= 0.3 is 0 Å². The molecule has 0 bridgehead atoms. The quantitative estimate of drug-likeness (QED) is 0.736. The van der Waals surface area contributed by atoms with Crippen molar-refractivity contribution < 1.29 is 10.2 Å². The predicted molar refractivity (Wildman–Crippen MR) is 89.9 cm³/mol. The summed E-state index contributed by atoms with van der Waals surface area (Å²) in [6.07, 6.45) is 2.10. The lowest BCUT2D eigenvalue weighted by atomic mass is 9.74. The van der Waals surface area contributed by atoms with Gasteiger partial charge in [0, 0.05) is 30.6 Å². The minimum Gasteiger partial charge on any atom is -0.396 e. The monoisotopic (exact) mass is 331 g/mol. The normalized spacial score (nSPS) is 25.0. The first-order valence-electron chi connectivity index (χ1n) is 8.51. The molecule has 0 aliphatic carbocycles. The Labute approximate surface area is 141 Å². The number of likely N-dealkylation sites (tertiary alicyclic amines) is 1. The van der Waals surface area contributed by atoms with Gasteiger partial charge in [-0.2, -0.15) is 5.21 Å². The molecular formula is C17H25N5O2. The molecule has 3 N–H and O–H groups in total. The largest absolute Gasteiger partial charge is 0.396 e. The molecule has 1 aromatic heterocycles. The molecule has 0 spiro atoms. The Hall–Kier alpha value is -1.83. The van der Waals surface area contributed by atoms with Crippen molar-refractivity contribution in [2.75, 3.05) is 19.7 Å². The van der Waals surface area contributed by atoms with Crippen LogP contribution in [0, 0.1) is 5.41 Å². The number of aliphatic hydroxyl groups is 2. The number of benzene rings is 1. The summed E-state index contributed by atoms with van der Waals surface area (Å²) in [4.78, 5) is 2.32. The van der Waals surface area contributed by atoms with Crippen LogP contribution in [0.15, 0.2) is 24.3 Å². The van der Waals surface area contributed by atoms with Crippen molar-refractivity contribution in [3.05, 3.63) is 29.8 Å². The maximum atomic E-state index is 10.4. The highest BCUT2D eigenvalue weighted by molar-refractivity contribution is 5.54. The van der Waals surface area contributed by atoms with Crippen LogP contribution in [0.2, 0.25) is 0 Å². The lowest BCUT2D eigenvalue weighted by Gasteiger charge is -2.45. The molecule has 24 heavy (non-hydrogen) atoms. The van der Waals surface area contributed by atoms with E-state index in [0.717, 1.165) is 38.0 Å². The predicted octanol–water partition coefficient (Wildman–Crippen LogP) is 1.21. The van der Waals surface area contributed by atoms with Gasteiger partial charge in [-0.25, -0.2) is 0 Å². The van der Waals surface area contributed by atoms with Crippen LogP contribution in [0.5, 0.6) is 0 Å². The van der Waals surface area contributed by atoms with Crippen LogP contribution in [0.1, 0.15) is 31.7 Å². The van der Waals surface area contributed by atoms with E-state index in [4.69, 9.17) is 0 Å². The third kappa shape index (κ3) is 3.48. The van der Waals surface area contributed by atoms with E-state index in [2.05, 4.69) is 44.6 Å². The molecular weight excluding hydrogens is 306 g/mol. The number of H-pyrrole nitrogens is 1. The molecule has 3 rings (SSSR count). The molecule has 0 amide bonds. The fourth-order valence-corrected chi connectivity index (χ4v) is 3.66. The number of aliphatic hydroxyl groups excluding tert-OH is 2. The fraction of sp³-hybridized carbons (Fsp3) is 0.588. The Morgan fingerprint density at radius 1 is 1.33 bits per heavy atom. The summed E-state index contributed by atoms with van der Waals surface area (Å²) in [6.45, 7) is 4.52. The van der Waals surface area contributed by atoms with Crippen molar-refractivity contribution in [3.8, 4) is 11.4 Å². The maximum absolute atomic E-state index is 10.4. The lowest BCUT2D eigenvalue weighted by Crippen LogP contribution is -2.53. The Morgan fingerprint density at radius 3 is 2.75 bits per heavy atom. The zero-order chi connectivity index (χ0) is 17.0. The molecule has 2 aromatic rings. The lowest BCUT2D eigenvalue weighted by molar-refractivity contribution is -0.0819. The van der Waals surface area contributed by atoms with E-state index >= 15 is 0 Å². The summed E-state index contributed by atoms with van der Waals surface area (Å²) in [6, 6.07) is 8.11. The molecule has 2 atom stereocenters. The summed E-state index contributed by atoms with van der Waals surface area (Å²) in [5.41, 5.74) is 1.73. The van der Waals surface area contributed by atoms with E-state index < -0.39 is 11.5 Å². The average Bonchev–Trinajstić information content (AvgIpc) is 3.13. The Morgan fingerprint density at radius 2 is 2.12 bits per heavy atom. The van der Waals surface area contributed by atoms with Crippen molar-refractivity contribution in [3.63, 3.8) is 0 Å². The number of hydrogen-bond acceptors (Lipinski definition) is 6. The van der Waals surface area contributed by atoms with Gasteiger partial charge in [0.1, 0.15) is 0 Å². The van der Waals surface area contributed by atoms with Crippen LogP contribution in [0.25, 0.3) is 11.4 Å². The molecule has 1 aliphatic rings. The Bertz CT molecular complexity index is 631. The van der Waals surface area contributed by atoms with E-state index in [1.165, 1.54) is 5.56 Å². The number of aromatic nitrogens is 4. The molecule has 2 heterocycles. The summed E-state index contributed by atoms with van der Waals surface area (Å²) < 4.78 is 0. The standard InChI is InChI=1S/C17H25N5O2/c1-2-8-17(12-23)11-22(9-7-15(17)24)10-13-3-5-14(6-4-13)16-18-20-21-19-16/h3-6,15,23-24H,2,7-12H2,1H3,(H,18,19,20,21)/t15-,17-/m0/s1. The van der Waals surface area contributed by atoms with Gasteiger partial charge in [0.05, 0.1) is 12.7 Å². The number of piperidine rings is 1. The number of hydrogen-bond donors (Lipinski definition) is 3. The van der Waals surface area contributed by atoms with Crippen molar-refractivity contribution in [1.29, 1.82) is 0 Å². The van der Waals surface area contributed by atoms with Gasteiger partial charge in [0.15, 0.2) is 0 Å². The highest BCUT2D eigenvalue weighted by Gasteiger charge is 2.41. The number of tetrazole rings is 1.